The van der Waals surface area contributed by atoms with Crippen LogP contribution in [0.15, 0.2) is 0 Å². The van der Waals surface area contributed by atoms with Gasteiger partial charge in [0.2, 0.25) is 5.91 Å². The van der Waals surface area contributed by atoms with Crippen molar-refractivity contribution in [2.75, 3.05) is 59.5 Å². The summed E-state index contributed by atoms with van der Waals surface area (Å²) in [5.41, 5.74) is -0.851. The van der Waals surface area contributed by atoms with Gasteiger partial charge in [-0.15, -0.1) is 0 Å². The third kappa shape index (κ3) is 2.44. The molecule has 6 nitrogen and oxygen atoms in total. The number of likely N-dealkylation sites (tertiary alicyclic amines) is 1. The van der Waals surface area contributed by atoms with Crippen LogP contribution in [0.3, 0.4) is 0 Å². The summed E-state index contributed by atoms with van der Waals surface area (Å²) in [5.74, 6) is 0.164. The van der Waals surface area contributed by atoms with Gasteiger partial charge in [-0.25, -0.2) is 0 Å². The molecule has 21 heavy (non-hydrogen) atoms. The van der Waals surface area contributed by atoms with Crippen molar-refractivity contribution in [3.63, 3.8) is 0 Å². The molecule has 116 valence electrons. The van der Waals surface area contributed by atoms with Crippen molar-refractivity contribution in [3.05, 3.63) is 0 Å². The Kier molecular flexibility index (Phi) is 3.68. The summed E-state index contributed by atoms with van der Waals surface area (Å²) in [6.07, 6.45) is 0.773. The van der Waals surface area contributed by atoms with E-state index in [2.05, 4.69) is 22.9 Å². The molecule has 0 radical (unpaired) electrons. The average Bonchev–Trinajstić information content (AvgIpc) is 2.94. The first kappa shape index (κ1) is 14.8. The maximum Gasteiger partial charge on any atom is 0.245 e. The molecular weight excluding hydrogens is 268 g/mol. The van der Waals surface area contributed by atoms with Gasteiger partial charge in [0, 0.05) is 52.3 Å². The first-order valence-electron chi connectivity index (χ1n) is 7.71. The van der Waals surface area contributed by atoms with E-state index in [1.165, 1.54) is 0 Å². The van der Waals surface area contributed by atoms with Crippen LogP contribution in [0.4, 0.5) is 0 Å². The molecule has 0 aliphatic carbocycles. The molecular formula is C15H24N4O2. The van der Waals surface area contributed by atoms with Crippen molar-refractivity contribution >= 4 is 5.91 Å². The molecule has 0 N–H and O–H groups in total. The van der Waals surface area contributed by atoms with Gasteiger partial charge in [-0.05, 0) is 14.0 Å². The molecule has 0 saturated carbocycles. The summed E-state index contributed by atoms with van der Waals surface area (Å²) in [6, 6.07) is 2.31. The van der Waals surface area contributed by atoms with E-state index >= 15 is 0 Å². The summed E-state index contributed by atoms with van der Waals surface area (Å²) in [4.78, 5) is 19.5. The van der Waals surface area contributed by atoms with Gasteiger partial charge in [0.1, 0.15) is 5.54 Å². The molecule has 3 saturated heterocycles. The maximum absolute atomic E-state index is 13.0. The quantitative estimate of drug-likeness (QED) is 0.703. The number of likely N-dealkylation sites (N-methyl/N-ethyl adjacent to an activating group) is 1. The molecule has 3 aliphatic rings. The molecule has 0 aromatic heterocycles. The third-order valence-electron chi connectivity index (χ3n) is 5.14. The highest BCUT2D eigenvalue weighted by Gasteiger charge is 2.53. The first-order chi connectivity index (χ1) is 9.99. The van der Waals surface area contributed by atoms with Crippen molar-refractivity contribution in [2.45, 2.75) is 18.9 Å². The fourth-order valence-electron chi connectivity index (χ4n) is 3.65. The lowest BCUT2D eigenvalue weighted by atomic mass is 9.81. The van der Waals surface area contributed by atoms with Crippen LogP contribution in [0.1, 0.15) is 13.3 Å². The van der Waals surface area contributed by atoms with Crippen molar-refractivity contribution in [1.82, 2.24) is 14.7 Å². The Balaban J connectivity index is 1.73. The second-order valence-corrected chi connectivity index (χ2v) is 6.96. The van der Waals surface area contributed by atoms with E-state index in [0.717, 1.165) is 32.6 Å². The Morgan fingerprint density at radius 1 is 1.24 bits per heavy atom. The zero-order chi connectivity index (χ0) is 15.1. The van der Waals surface area contributed by atoms with Crippen molar-refractivity contribution < 1.29 is 9.53 Å². The van der Waals surface area contributed by atoms with Crippen molar-refractivity contribution in [1.29, 1.82) is 5.26 Å². The standard InChI is InChI=1S/C15H24N4O2/c1-14(9-16)10-18(11-14)13(20)15(3-8-21-12-15)19-6-4-17(2)5-7-19/h3-8,10-12H2,1-2H3. The third-order valence-corrected chi connectivity index (χ3v) is 5.14. The van der Waals surface area contributed by atoms with Gasteiger partial charge in [0.05, 0.1) is 18.1 Å². The van der Waals surface area contributed by atoms with Crippen LogP contribution in [0.2, 0.25) is 0 Å². The number of nitriles is 1. The minimum absolute atomic E-state index is 0.164. The zero-order valence-electron chi connectivity index (χ0n) is 13.0. The molecule has 3 fully saturated rings. The second-order valence-electron chi connectivity index (χ2n) is 6.96. The zero-order valence-corrected chi connectivity index (χ0v) is 13.0. The number of ether oxygens (including phenoxy) is 1. The van der Waals surface area contributed by atoms with E-state index in [1.807, 2.05) is 11.8 Å². The average molecular weight is 292 g/mol. The van der Waals surface area contributed by atoms with Gasteiger partial charge < -0.3 is 14.5 Å². The minimum atomic E-state index is -0.488. The molecule has 6 heteroatoms. The molecule has 1 amide bonds. The monoisotopic (exact) mass is 292 g/mol. The van der Waals surface area contributed by atoms with Gasteiger partial charge >= 0.3 is 0 Å². The summed E-state index contributed by atoms with van der Waals surface area (Å²) >= 11 is 0. The van der Waals surface area contributed by atoms with E-state index in [4.69, 9.17) is 10.00 Å². The molecule has 0 spiro atoms. The van der Waals surface area contributed by atoms with Crippen LogP contribution in [-0.4, -0.2) is 85.7 Å². The number of rotatable bonds is 2. The Labute approximate surface area is 126 Å². The number of hydrogen-bond acceptors (Lipinski definition) is 5. The molecule has 0 bridgehead atoms. The molecule has 0 aromatic rings. The maximum atomic E-state index is 13.0. The van der Waals surface area contributed by atoms with Crippen molar-refractivity contribution in [2.24, 2.45) is 5.41 Å². The Hall–Kier alpha value is -1.16. The Morgan fingerprint density at radius 3 is 2.43 bits per heavy atom. The highest BCUT2D eigenvalue weighted by Crippen LogP contribution is 2.36. The fraction of sp³-hybridized carbons (Fsp3) is 0.867. The molecule has 3 rings (SSSR count). The highest BCUT2D eigenvalue weighted by atomic mass is 16.5. The van der Waals surface area contributed by atoms with E-state index in [9.17, 15) is 4.79 Å². The minimum Gasteiger partial charge on any atom is -0.379 e. The van der Waals surface area contributed by atoms with Gasteiger partial charge in [-0.1, -0.05) is 0 Å². The number of hydrogen-bond donors (Lipinski definition) is 0. The lowest BCUT2D eigenvalue weighted by molar-refractivity contribution is -0.155. The predicted octanol–water partition coefficient (Wildman–Crippen LogP) is -0.235. The summed E-state index contributed by atoms with van der Waals surface area (Å²) < 4.78 is 5.59. The smallest absolute Gasteiger partial charge is 0.245 e. The molecule has 0 aromatic carbocycles. The predicted molar refractivity (Wildman–Crippen MR) is 77.5 cm³/mol. The lowest BCUT2D eigenvalue weighted by Gasteiger charge is -2.50. The van der Waals surface area contributed by atoms with Crippen LogP contribution in [0, 0.1) is 16.7 Å². The number of piperazine rings is 1. The van der Waals surface area contributed by atoms with E-state index in [0.29, 0.717) is 26.3 Å². The first-order valence-corrected chi connectivity index (χ1v) is 7.71. The number of amides is 1. The van der Waals surface area contributed by atoms with Crippen LogP contribution in [-0.2, 0) is 9.53 Å². The topological polar surface area (TPSA) is 59.8 Å². The van der Waals surface area contributed by atoms with Crippen LogP contribution in [0.25, 0.3) is 0 Å². The van der Waals surface area contributed by atoms with Crippen molar-refractivity contribution in [3.8, 4) is 6.07 Å². The highest BCUT2D eigenvalue weighted by molar-refractivity contribution is 5.88. The largest absolute Gasteiger partial charge is 0.379 e. The van der Waals surface area contributed by atoms with Crippen LogP contribution >= 0.6 is 0 Å². The Morgan fingerprint density at radius 2 is 1.90 bits per heavy atom. The van der Waals surface area contributed by atoms with Gasteiger partial charge in [0.15, 0.2) is 0 Å². The summed E-state index contributed by atoms with van der Waals surface area (Å²) in [5, 5.41) is 9.12. The molecule has 1 unspecified atom stereocenters. The van der Waals surface area contributed by atoms with E-state index in [-0.39, 0.29) is 11.3 Å². The molecule has 3 aliphatic heterocycles. The number of nitrogens with zero attached hydrogens (tertiary/aromatic N) is 4. The van der Waals surface area contributed by atoms with Gasteiger partial charge in [-0.3, -0.25) is 9.69 Å². The van der Waals surface area contributed by atoms with Gasteiger partial charge in [0.25, 0.3) is 0 Å². The summed E-state index contributed by atoms with van der Waals surface area (Å²) in [6.45, 7) is 7.98. The second kappa shape index (κ2) is 5.24. The molecule has 1 atom stereocenters. The lowest BCUT2D eigenvalue weighted by Crippen LogP contribution is -2.68. The summed E-state index contributed by atoms with van der Waals surface area (Å²) in [7, 11) is 2.12. The van der Waals surface area contributed by atoms with E-state index < -0.39 is 5.54 Å². The van der Waals surface area contributed by atoms with Crippen LogP contribution in [0.5, 0.6) is 0 Å². The number of carbonyl (C=O) groups is 1. The normalized spacial score (nSPS) is 33.5. The van der Waals surface area contributed by atoms with E-state index in [1.54, 1.807) is 0 Å². The number of carbonyl (C=O) groups excluding carboxylic acids is 1. The molecule has 3 heterocycles. The fourth-order valence-corrected chi connectivity index (χ4v) is 3.65. The van der Waals surface area contributed by atoms with Crippen LogP contribution < -0.4 is 0 Å². The Bertz CT molecular complexity index is 453. The van der Waals surface area contributed by atoms with Gasteiger partial charge in [-0.2, -0.15) is 5.26 Å². The SMILES string of the molecule is CN1CCN(C2(C(=O)N3CC(C)(C#N)C3)CCOC2)CC1.